The van der Waals surface area contributed by atoms with Crippen LogP contribution in [0.15, 0.2) is 194 Å². The molecule has 262 valence electrons. The molecule has 7 aromatic carbocycles. The highest BCUT2D eigenvalue weighted by atomic mass is 15.0. The van der Waals surface area contributed by atoms with Crippen LogP contribution in [0, 0.1) is 0 Å². The summed E-state index contributed by atoms with van der Waals surface area (Å²) in [6.45, 7) is 0. The summed E-state index contributed by atoms with van der Waals surface area (Å²) in [5.41, 5.74) is 11.7. The van der Waals surface area contributed by atoms with Crippen LogP contribution >= 0.6 is 0 Å². The SMILES string of the molecule is c1ccc(-c2nc(-c3ccccc3)nc(-c3ccc(-n4c5ccccc5c5ccc(-c6ccc7c(c6)c6cccnc6n7-c6ccccc6)cc54)cc3)n2)cc1. The molecule has 0 spiro atoms. The van der Waals surface area contributed by atoms with E-state index in [0.717, 1.165) is 66.8 Å². The Bertz CT molecular complexity index is 3160. The van der Waals surface area contributed by atoms with Crippen molar-refractivity contribution in [3.05, 3.63) is 194 Å². The predicted octanol–water partition coefficient (Wildman–Crippen LogP) is 12.1. The third kappa shape index (κ3) is 5.27. The number of rotatable bonds is 6. The van der Waals surface area contributed by atoms with Gasteiger partial charge in [-0.25, -0.2) is 19.9 Å². The third-order valence-electron chi connectivity index (χ3n) is 10.6. The fraction of sp³-hybridized carbons (Fsp3) is 0. The van der Waals surface area contributed by atoms with Gasteiger partial charge in [-0.2, -0.15) is 0 Å². The van der Waals surface area contributed by atoms with E-state index in [1.807, 2.05) is 79.0 Å². The van der Waals surface area contributed by atoms with Gasteiger partial charge in [0.05, 0.1) is 16.6 Å². The fourth-order valence-corrected chi connectivity index (χ4v) is 7.99. The van der Waals surface area contributed by atoms with Gasteiger partial charge in [0.1, 0.15) is 5.65 Å². The average Bonchev–Trinajstić information content (AvgIpc) is 3.79. The third-order valence-corrected chi connectivity index (χ3v) is 10.6. The van der Waals surface area contributed by atoms with E-state index in [2.05, 4.69) is 124 Å². The van der Waals surface area contributed by atoms with Gasteiger partial charge >= 0.3 is 0 Å². The highest BCUT2D eigenvalue weighted by Crippen LogP contribution is 2.38. The van der Waals surface area contributed by atoms with Gasteiger partial charge in [-0.3, -0.25) is 4.57 Å². The molecule has 0 aliphatic heterocycles. The summed E-state index contributed by atoms with van der Waals surface area (Å²) in [5, 5.41) is 4.73. The summed E-state index contributed by atoms with van der Waals surface area (Å²) in [7, 11) is 0. The van der Waals surface area contributed by atoms with E-state index in [4.69, 9.17) is 19.9 Å². The minimum absolute atomic E-state index is 0.632. The van der Waals surface area contributed by atoms with Crippen molar-refractivity contribution in [1.29, 1.82) is 0 Å². The minimum Gasteiger partial charge on any atom is -0.309 e. The van der Waals surface area contributed by atoms with Crippen LogP contribution in [-0.4, -0.2) is 29.1 Å². The van der Waals surface area contributed by atoms with E-state index in [1.165, 1.54) is 16.2 Å². The first-order chi connectivity index (χ1) is 27.8. The second kappa shape index (κ2) is 13.0. The largest absolute Gasteiger partial charge is 0.309 e. The molecular weight excluding hydrogens is 685 g/mol. The minimum atomic E-state index is 0.632. The lowest BCUT2D eigenvalue weighted by Crippen LogP contribution is -2.00. The first kappa shape index (κ1) is 31.8. The van der Waals surface area contributed by atoms with Crippen LogP contribution in [0.25, 0.3) is 100 Å². The molecule has 4 aromatic heterocycles. The Hall–Kier alpha value is -7.70. The quantitative estimate of drug-likeness (QED) is 0.172. The van der Waals surface area contributed by atoms with Crippen LogP contribution in [0.1, 0.15) is 0 Å². The molecule has 0 amide bonds. The lowest BCUT2D eigenvalue weighted by molar-refractivity contribution is 1.07. The Morgan fingerprint density at radius 3 is 1.50 bits per heavy atom. The van der Waals surface area contributed by atoms with Crippen LogP contribution in [0.2, 0.25) is 0 Å². The number of aromatic nitrogens is 6. The van der Waals surface area contributed by atoms with Gasteiger partial charge in [-0.1, -0.05) is 115 Å². The monoisotopic (exact) mass is 716 g/mol. The zero-order chi connectivity index (χ0) is 37.0. The summed E-state index contributed by atoms with van der Waals surface area (Å²) < 4.78 is 4.61. The molecule has 0 saturated heterocycles. The summed E-state index contributed by atoms with van der Waals surface area (Å²) in [4.78, 5) is 19.6. The Balaban J connectivity index is 1.03. The van der Waals surface area contributed by atoms with Gasteiger partial charge in [0.15, 0.2) is 17.5 Å². The molecule has 0 N–H and O–H groups in total. The lowest BCUT2D eigenvalue weighted by Gasteiger charge is -2.11. The van der Waals surface area contributed by atoms with Crippen molar-refractivity contribution in [2.45, 2.75) is 0 Å². The molecule has 6 heteroatoms. The second-order valence-corrected chi connectivity index (χ2v) is 13.9. The van der Waals surface area contributed by atoms with Crippen LogP contribution in [0.4, 0.5) is 0 Å². The van der Waals surface area contributed by atoms with Crippen molar-refractivity contribution in [2.75, 3.05) is 0 Å². The van der Waals surface area contributed by atoms with Gasteiger partial charge < -0.3 is 4.57 Å². The summed E-state index contributed by atoms with van der Waals surface area (Å²) in [5.74, 6) is 1.92. The molecule has 11 aromatic rings. The van der Waals surface area contributed by atoms with Crippen LogP contribution in [0.5, 0.6) is 0 Å². The number of hydrogen-bond acceptors (Lipinski definition) is 4. The smallest absolute Gasteiger partial charge is 0.164 e. The van der Waals surface area contributed by atoms with Crippen molar-refractivity contribution >= 4 is 43.7 Å². The zero-order valence-electron chi connectivity index (χ0n) is 30.2. The Kier molecular flexibility index (Phi) is 7.38. The van der Waals surface area contributed by atoms with Gasteiger partial charge in [0.25, 0.3) is 0 Å². The van der Waals surface area contributed by atoms with Gasteiger partial charge in [0, 0.05) is 55.8 Å². The van der Waals surface area contributed by atoms with Crippen molar-refractivity contribution in [1.82, 2.24) is 29.1 Å². The van der Waals surface area contributed by atoms with Crippen molar-refractivity contribution in [2.24, 2.45) is 0 Å². The number of pyridine rings is 1. The number of benzene rings is 7. The lowest BCUT2D eigenvalue weighted by atomic mass is 10.0. The normalized spacial score (nSPS) is 11.6. The predicted molar refractivity (Wildman–Crippen MR) is 228 cm³/mol. The molecule has 0 aliphatic carbocycles. The Morgan fingerprint density at radius 1 is 0.304 bits per heavy atom. The molecule has 11 rings (SSSR count). The number of hydrogen-bond donors (Lipinski definition) is 0. The molecule has 0 atom stereocenters. The summed E-state index contributed by atoms with van der Waals surface area (Å²) in [6.07, 6.45) is 1.87. The summed E-state index contributed by atoms with van der Waals surface area (Å²) >= 11 is 0. The van der Waals surface area contributed by atoms with E-state index in [-0.39, 0.29) is 0 Å². The number of nitrogens with zero attached hydrogens (tertiary/aromatic N) is 6. The molecule has 0 bridgehead atoms. The number of para-hydroxylation sites is 2. The fourth-order valence-electron chi connectivity index (χ4n) is 7.99. The molecular formula is C50H32N6. The van der Waals surface area contributed by atoms with Crippen LogP contribution in [-0.2, 0) is 0 Å². The number of fused-ring (bicyclic) bond motifs is 6. The Labute approximate surface area is 322 Å². The molecule has 0 aliphatic rings. The van der Waals surface area contributed by atoms with Crippen LogP contribution < -0.4 is 0 Å². The van der Waals surface area contributed by atoms with Crippen molar-refractivity contribution < 1.29 is 0 Å². The maximum absolute atomic E-state index is 4.96. The molecule has 4 heterocycles. The highest BCUT2D eigenvalue weighted by Gasteiger charge is 2.18. The first-order valence-corrected chi connectivity index (χ1v) is 18.7. The standard InChI is InChI=1S/C50H32N6/c1-4-13-33(14-5-1)47-52-48(34-15-6-2-7-16-34)54-49(53-47)35-22-26-39(27-23-35)55-44-21-11-10-19-40(44)41-28-24-37(32-46(41)55)36-25-29-45-43(31-36)42-20-12-30-51-50(42)56(45)38-17-8-3-9-18-38/h1-32H. The molecule has 0 unspecified atom stereocenters. The molecule has 0 fully saturated rings. The van der Waals surface area contributed by atoms with Crippen LogP contribution in [0.3, 0.4) is 0 Å². The molecule has 0 saturated carbocycles. The van der Waals surface area contributed by atoms with Gasteiger partial charge in [-0.05, 0) is 83.9 Å². The zero-order valence-corrected chi connectivity index (χ0v) is 30.2. The molecule has 0 radical (unpaired) electrons. The first-order valence-electron chi connectivity index (χ1n) is 18.7. The van der Waals surface area contributed by atoms with Gasteiger partial charge in [-0.15, -0.1) is 0 Å². The maximum atomic E-state index is 4.96. The van der Waals surface area contributed by atoms with E-state index in [9.17, 15) is 0 Å². The summed E-state index contributed by atoms with van der Waals surface area (Å²) in [6, 6.07) is 65.6. The van der Waals surface area contributed by atoms with Crippen molar-refractivity contribution in [3.8, 4) is 56.7 Å². The molecule has 56 heavy (non-hydrogen) atoms. The van der Waals surface area contributed by atoms with E-state index < -0.39 is 0 Å². The highest BCUT2D eigenvalue weighted by molar-refractivity contribution is 6.12. The van der Waals surface area contributed by atoms with Gasteiger partial charge in [0.2, 0.25) is 0 Å². The maximum Gasteiger partial charge on any atom is 0.164 e. The van der Waals surface area contributed by atoms with Crippen molar-refractivity contribution in [3.63, 3.8) is 0 Å². The second-order valence-electron chi connectivity index (χ2n) is 13.9. The van der Waals surface area contributed by atoms with E-state index in [1.54, 1.807) is 0 Å². The van der Waals surface area contributed by atoms with E-state index >= 15 is 0 Å². The Morgan fingerprint density at radius 2 is 0.804 bits per heavy atom. The average molecular weight is 717 g/mol. The molecule has 6 nitrogen and oxygen atoms in total. The topological polar surface area (TPSA) is 61.4 Å². The van der Waals surface area contributed by atoms with E-state index in [0.29, 0.717) is 17.5 Å².